The fraction of sp³-hybridized carbons (Fsp3) is 0.909. The molecule has 0 spiro atoms. The molecule has 16 heavy (non-hydrogen) atoms. The lowest BCUT2D eigenvalue weighted by molar-refractivity contribution is -0.138. The van der Waals surface area contributed by atoms with E-state index in [0.717, 1.165) is 26.1 Å². The Hall–Kier alpha value is -0.650. The second kappa shape index (κ2) is 6.83. The van der Waals surface area contributed by atoms with Crippen LogP contribution in [0.3, 0.4) is 0 Å². The van der Waals surface area contributed by atoms with Gasteiger partial charge < -0.3 is 15.2 Å². The normalized spacial score (nSPS) is 27.6. The molecule has 1 heterocycles. The van der Waals surface area contributed by atoms with Crippen LogP contribution in [0.25, 0.3) is 0 Å². The summed E-state index contributed by atoms with van der Waals surface area (Å²) in [6.07, 6.45) is 1.25. The van der Waals surface area contributed by atoms with Gasteiger partial charge in [0.25, 0.3) is 0 Å². The van der Waals surface area contributed by atoms with Crippen molar-refractivity contribution >= 4 is 5.97 Å². The first-order valence-corrected chi connectivity index (χ1v) is 5.82. The minimum Gasteiger partial charge on any atom is -0.481 e. The molecule has 0 aromatic carbocycles. The van der Waals surface area contributed by atoms with Crippen molar-refractivity contribution < 1.29 is 14.6 Å². The van der Waals surface area contributed by atoms with Crippen LogP contribution >= 0.6 is 0 Å². The molecule has 0 aliphatic carbocycles. The maximum absolute atomic E-state index is 10.8. The van der Waals surface area contributed by atoms with Crippen molar-refractivity contribution in [1.29, 1.82) is 0 Å². The van der Waals surface area contributed by atoms with Crippen LogP contribution in [-0.4, -0.2) is 61.4 Å². The van der Waals surface area contributed by atoms with Gasteiger partial charge in [-0.1, -0.05) is 0 Å². The minimum atomic E-state index is -0.733. The molecule has 94 valence electrons. The number of rotatable bonds is 5. The maximum Gasteiger partial charge on any atom is 0.304 e. The van der Waals surface area contributed by atoms with Crippen molar-refractivity contribution in [2.75, 3.05) is 33.4 Å². The van der Waals surface area contributed by atoms with Gasteiger partial charge in [-0.3, -0.25) is 9.69 Å². The first-order chi connectivity index (χ1) is 7.65. The number of carboxylic acids is 1. The smallest absolute Gasteiger partial charge is 0.304 e. The van der Waals surface area contributed by atoms with E-state index in [2.05, 4.69) is 17.1 Å². The molecule has 5 nitrogen and oxygen atoms in total. The van der Waals surface area contributed by atoms with Crippen molar-refractivity contribution in [2.24, 2.45) is 0 Å². The Labute approximate surface area is 96.8 Å². The summed E-state index contributed by atoms with van der Waals surface area (Å²) in [6, 6.07) is 0.486. The topological polar surface area (TPSA) is 61.8 Å². The summed E-state index contributed by atoms with van der Waals surface area (Å²) in [5.41, 5.74) is 0. The average molecular weight is 230 g/mol. The van der Waals surface area contributed by atoms with Crippen molar-refractivity contribution in [2.45, 2.75) is 31.8 Å². The van der Waals surface area contributed by atoms with Crippen molar-refractivity contribution in [3.8, 4) is 0 Å². The van der Waals surface area contributed by atoms with Gasteiger partial charge in [0, 0.05) is 32.3 Å². The van der Waals surface area contributed by atoms with E-state index in [9.17, 15) is 4.79 Å². The lowest BCUT2D eigenvalue weighted by Gasteiger charge is -2.33. The van der Waals surface area contributed by atoms with Crippen LogP contribution < -0.4 is 5.32 Å². The Bertz CT molecular complexity index is 223. The van der Waals surface area contributed by atoms with Gasteiger partial charge in [0.15, 0.2) is 0 Å². The van der Waals surface area contributed by atoms with Gasteiger partial charge in [0.2, 0.25) is 0 Å². The van der Waals surface area contributed by atoms with Gasteiger partial charge in [-0.15, -0.1) is 0 Å². The van der Waals surface area contributed by atoms with Crippen molar-refractivity contribution in [3.63, 3.8) is 0 Å². The number of hydrogen-bond acceptors (Lipinski definition) is 4. The molecular formula is C11H22N2O3. The summed E-state index contributed by atoms with van der Waals surface area (Å²) in [5.74, 6) is -0.733. The molecule has 1 aliphatic rings. The highest BCUT2D eigenvalue weighted by molar-refractivity contribution is 5.67. The number of nitrogens with one attached hydrogen (secondary N) is 1. The Balaban J connectivity index is 2.60. The van der Waals surface area contributed by atoms with E-state index in [0.29, 0.717) is 12.6 Å². The van der Waals surface area contributed by atoms with Gasteiger partial charge in [0.1, 0.15) is 0 Å². The number of ether oxygens (including phenoxy) is 1. The summed E-state index contributed by atoms with van der Waals surface area (Å²) in [5, 5.41) is 12.2. The van der Waals surface area contributed by atoms with Crippen LogP contribution in [0.15, 0.2) is 0 Å². The zero-order chi connectivity index (χ0) is 12.0. The molecule has 0 amide bonds. The molecule has 1 aliphatic heterocycles. The summed E-state index contributed by atoms with van der Waals surface area (Å²) in [7, 11) is 1.67. The predicted octanol–water partition coefficient (Wildman–Crippen LogP) is 0.160. The monoisotopic (exact) mass is 230 g/mol. The highest BCUT2D eigenvalue weighted by Gasteiger charge is 2.27. The molecule has 5 heteroatoms. The van der Waals surface area contributed by atoms with E-state index >= 15 is 0 Å². The lowest BCUT2D eigenvalue weighted by Crippen LogP contribution is -2.46. The van der Waals surface area contributed by atoms with Gasteiger partial charge >= 0.3 is 5.97 Å². The molecule has 0 radical (unpaired) electrons. The molecule has 2 atom stereocenters. The van der Waals surface area contributed by atoms with E-state index < -0.39 is 5.97 Å². The standard InChI is InChI=1S/C11H22N2O3/c1-9-3-4-12-8-10(7-11(14)15)13(9)5-6-16-2/h9-10,12H,3-8H2,1-2H3,(H,14,15). The second-order valence-corrected chi connectivity index (χ2v) is 4.32. The third kappa shape index (κ3) is 4.08. The zero-order valence-corrected chi connectivity index (χ0v) is 10.1. The third-order valence-corrected chi connectivity index (χ3v) is 3.12. The first-order valence-electron chi connectivity index (χ1n) is 5.82. The number of methoxy groups -OCH3 is 1. The van der Waals surface area contributed by atoms with E-state index in [-0.39, 0.29) is 12.5 Å². The first kappa shape index (κ1) is 13.4. The number of aliphatic carboxylic acids is 1. The molecule has 1 saturated heterocycles. The molecule has 0 saturated carbocycles. The molecule has 1 rings (SSSR count). The van der Waals surface area contributed by atoms with Gasteiger partial charge in [0.05, 0.1) is 13.0 Å². The van der Waals surface area contributed by atoms with Gasteiger partial charge in [-0.05, 0) is 19.9 Å². The van der Waals surface area contributed by atoms with E-state index in [1.807, 2.05) is 0 Å². The molecule has 2 unspecified atom stereocenters. The quantitative estimate of drug-likeness (QED) is 0.704. The van der Waals surface area contributed by atoms with Crippen molar-refractivity contribution in [1.82, 2.24) is 10.2 Å². The zero-order valence-electron chi connectivity index (χ0n) is 10.1. The summed E-state index contributed by atoms with van der Waals surface area (Å²) in [4.78, 5) is 13.1. The SMILES string of the molecule is COCCN1C(C)CCNCC1CC(=O)O. The Kier molecular flexibility index (Phi) is 5.73. The third-order valence-electron chi connectivity index (χ3n) is 3.12. The van der Waals surface area contributed by atoms with E-state index in [1.54, 1.807) is 7.11 Å². The highest BCUT2D eigenvalue weighted by Crippen LogP contribution is 2.14. The van der Waals surface area contributed by atoms with Crippen LogP contribution in [0.2, 0.25) is 0 Å². The van der Waals surface area contributed by atoms with Crippen LogP contribution in [-0.2, 0) is 9.53 Å². The fourth-order valence-electron chi connectivity index (χ4n) is 2.21. The largest absolute Gasteiger partial charge is 0.481 e. The summed E-state index contributed by atoms with van der Waals surface area (Å²) < 4.78 is 5.08. The fourth-order valence-corrected chi connectivity index (χ4v) is 2.21. The molecule has 0 aromatic rings. The highest BCUT2D eigenvalue weighted by atomic mass is 16.5. The Morgan fingerprint density at radius 3 is 3.00 bits per heavy atom. The predicted molar refractivity (Wildman–Crippen MR) is 61.6 cm³/mol. The molecule has 2 N–H and O–H groups in total. The van der Waals surface area contributed by atoms with Crippen LogP contribution in [0.4, 0.5) is 0 Å². The minimum absolute atomic E-state index is 0.0742. The second-order valence-electron chi connectivity index (χ2n) is 4.32. The Morgan fingerprint density at radius 1 is 1.62 bits per heavy atom. The Morgan fingerprint density at radius 2 is 2.38 bits per heavy atom. The van der Waals surface area contributed by atoms with Gasteiger partial charge in [-0.25, -0.2) is 0 Å². The van der Waals surface area contributed by atoms with Crippen LogP contribution in [0, 0.1) is 0 Å². The molecule has 0 bridgehead atoms. The maximum atomic E-state index is 10.8. The van der Waals surface area contributed by atoms with Crippen LogP contribution in [0.1, 0.15) is 19.8 Å². The van der Waals surface area contributed by atoms with E-state index in [4.69, 9.17) is 9.84 Å². The summed E-state index contributed by atoms with van der Waals surface area (Å²) >= 11 is 0. The molecular weight excluding hydrogens is 208 g/mol. The lowest BCUT2D eigenvalue weighted by atomic mass is 10.1. The molecule has 1 fully saturated rings. The van der Waals surface area contributed by atoms with E-state index in [1.165, 1.54) is 0 Å². The number of hydrogen-bond donors (Lipinski definition) is 2. The number of nitrogens with zero attached hydrogens (tertiary/aromatic N) is 1. The molecule has 0 aromatic heterocycles. The van der Waals surface area contributed by atoms with Crippen molar-refractivity contribution in [3.05, 3.63) is 0 Å². The van der Waals surface area contributed by atoms with Crippen LogP contribution in [0.5, 0.6) is 0 Å². The number of carbonyl (C=O) groups is 1. The van der Waals surface area contributed by atoms with Gasteiger partial charge in [-0.2, -0.15) is 0 Å². The summed E-state index contributed by atoms with van der Waals surface area (Å²) in [6.45, 7) is 5.32. The number of carboxylic acid groups (broad SMARTS) is 1. The average Bonchev–Trinajstić information content (AvgIpc) is 2.38.